The Kier molecular flexibility index (Phi) is 4.11. The number of unbranched alkanes of at least 4 members (excludes halogenated alkanes) is 1. The second-order valence-corrected chi connectivity index (χ2v) is 3.33. The fourth-order valence-corrected chi connectivity index (χ4v) is 1.13. The Morgan fingerprint density at radius 2 is 2.36 bits per heavy atom. The number of nitrogens with one attached hydrogen (secondary N) is 1. The van der Waals surface area contributed by atoms with Gasteiger partial charge in [-0.3, -0.25) is 9.78 Å². The van der Waals surface area contributed by atoms with Gasteiger partial charge in [-0.05, 0) is 31.0 Å². The minimum atomic E-state index is -0.0813. The van der Waals surface area contributed by atoms with E-state index in [4.69, 9.17) is 0 Å². The van der Waals surface area contributed by atoms with Crippen LogP contribution in [0.2, 0.25) is 0 Å². The third-order valence-corrected chi connectivity index (χ3v) is 1.96. The monoisotopic (exact) mass is 192 g/mol. The summed E-state index contributed by atoms with van der Waals surface area (Å²) >= 11 is 0. The Balaban J connectivity index is 2.52. The van der Waals surface area contributed by atoms with Crippen molar-refractivity contribution in [2.75, 3.05) is 6.54 Å². The van der Waals surface area contributed by atoms with Crippen molar-refractivity contribution in [1.82, 2.24) is 10.3 Å². The molecule has 1 heterocycles. The van der Waals surface area contributed by atoms with Crippen LogP contribution in [0.3, 0.4) is 0 Å². The Morgan fingerprint density at radius 3 is 3.00 bits per heavy atom. The molecule has 3 nitrogen and oxygen atoms in total. The number of pyridine rings is 1. The molecule has 0 aliphatic heterocycles. The first-order valence-electron chi connectivity index (χ1n) is 4.95. The third kappa shape index (κ3) is 3.17. The van der Waals surface area contributed by atoms with Crippen LogP contribution in [0.4, 0.5) is 0 Å². The number of aromatic nitrogens is 1. The van der Waals surface area contributed by atoms with Crippen molar-refractivity contribution in [3.05, 3.63) is 29.6 Å². The maximum absolute atomic E-state index is 11.5. The van der Waals surface area contributed by atoms with E-state index in [1.807, 2.05) is 13.0 Å². The maximum Gasteiger partial charge on any atom is 0.269 e. The summed E-state index contributed by atoms with van der Waals surface area (Å²) in [7, 11) is 0. The van der Waals surface area contributed by atoms with Crippen molar-refractivity contribution >= 4 is 5.91 Å². The van der Waals surface area contributed by atoms with Crippen LogP contribution >= 0.6 is 0 Å². The second-order valence-electron chi connectivity index (χ2n) is 3.33. The zero-order valence-corrected chi connectivity index (χ0v) is 8.71. The van der Waals surface area contributed by atoms with E-state index >= 15 is 0 Å². The van der Waals surface area contributed by atoms with E-state index in [0.717, 1.165) is 24.9 Å². The molecular formula is C11H16N2O. The van der Waals surface area contributed by atoms with Gasteiger partial charge in [-0.15, -0.1) is 0 Å². The molecule has 0 radical (unpaired) electrons. The zero-order valence-electron chi connectivity index (χ0n) is 8.71. The number of carbonyl (C=O) groups is 1. The molecule has 1 rings (SSSR count). The maximum atomic E-state index is 11.5. The molecule has 0 aromatic carbocycles. The van der Waals surface area contributed by atoms with Crippen LogP contribution in [0.5, 0.6) is 0 Å². The molecule has 14 heavy (non-hydrogen) atoms. The van der Waals surface area contributed by atoms with Gasteiger partial charge in [0.2, 0.25) is 0 Å². The molecule has 0 atom stereocenters. The van der Waals surface area contributed by atoms with E-state index in [1.54, 1.807) is 12.3 Å². The van der Waals surface area contributed by atoms with Gasteiger partial charge < -0.3 is 5.32 Å². The first kappa shape index (κ1) is 10.7. The van der Waals surface area contributed by atoms with E-state index in [-0.39, 0.29) is 5.91 Å². The fourth-order valence-electron chi connectivity index (χ4n) is 1.13. The minimum Gasteiger partial charge on any atom is -0.351 e. The third-order valence-electron chi connectivity index (χ3n) is 1.96. The quantitative estimate of drug-likeness (QED) is 0.740. The lowest BCUT2D eigenvalue weighted by atomic mass is 10.2. The highest BCUT2D eigenvalue weighted by atomic mass is 16.1. The highest BCUT2D eigenvalue weighted by Crippen LogP contribution is 1.99. The zero-order chi connectivity index (χ0) is 10.4. The molecule has 0 saturated heterocycles. The van der Waals surface area contributed by atoms with Gasteiger partial charge in [-0.25, -0.2) is 0 Å². The topological polar surface area (TPSA) is 42.0 Å². The molecule has 1 amide bonds. The Bertz CT molecular complexity index is 310. The largest absolute Gasteiger partial charge is 0.351 e. The first-order valence-corrected chi connectivity index (χ1v) is 4.95. The molecule has 0 unspecified atom stereocenters. The van der Waals surface area contributed by atoms with Crippen LogP contribution < -0.4 is 5.32 Å². The molecule has 1 N–H and O–H groups in total. The number of hydrogen-bond acceptors (Lipinski definition) is 2. The predicted octanol–water partition coefficient (Wildman–Crippen LogP) is 1.92. The van der Waals surface area contributed by atoms with Gasteiger partial charge in [0.25, 0.3) is 5.91 Å². The average molecular weight is 192 g/mol. The lowest BCUT2D eigenvalue weighted by molar-refractivity contribution is 0.0948. The molecule has 0 saturated carbocycles. The number of hydrogen-bond donors (Lipinski definition) is 1. The van der Waals surface area contributed by atoms with Crippen molar-refractivity contribution in [2.24, 2.45) is 0 Å². The van der Waals surface area contributed by atoms with Gasteiger partial charge in [-0.1, -0.05) is 13.3 Å². The molecule has 1 aromatic rings. The summed E-state index contributed by atoms with van der Waals surface area (Å²) < 4.78 is 0. The summed E-state index contributed by atoms with van der Waals surface area (Å²) in [6.45, 7) is 4.77. The molecule has 3 heteroatoms. The lowest BCUT2D eigenvalue weighted by Gasteiger charge is -2.03. The van der Waals surface area contributed by atoms with E-state index in [9.17, 15) is 4.79 Å². The predicted molar refractivity (Wildman–Crippen MR) is 56.2 cm³/mol. The fraction of sp³-hybridized carbons (Fsp3) is 0.455. The van der Waals surface area contributed by atoms with E-state index in [1.165, 1.54) is 0 Å². The highest BCUT2D eigenvalue weighted by molar-refractivity contribution is 5.92. The number of amides is 1. The number of nitrogens with zero attached hydrogens (tertiary/aromatic N) is 1. The van der Waals surface area contributed by atoms with Gasteiger partial charge in [0.1, 0.15) is 5.69 Å². The molecule has 0 bridgehead atoms. The second kappa shape index (κ2) is 5.37. The lowest BCUT2D eigenvalue weighted by Crippen LogP contribution is -2.25. The molecule has 0 aliphatic carbocycles. The smallest absolute Gasteiger partial charge is 0.269 e. The van der Waals surface area contributed by atoms with Crippen molar-refractivity contribution in [3.8, 4) is 0 Å². The summed E-state index contributed by atoms with van der Waals surface area (Å²) in [5.41, 5.74) is 1.56. The standard InChI is InChI=1S/C11H16N2O/c1-3-4-6-13-11(14)10-8-9(2)5-7-12-10/h5,7-8H,3-4,6H2,1-2H3,(H,13,14). The molecular weight excluding hydrogens is 176 g/mol. The van der Waals surface area contributed by atoms with Gasteiger partial charge in [0, 0.05) is 12.7 Å². The average Bonchev–Trinajstić information content (AvgIpc) is 2.18. The molecule has 1 aromatic heterocycles. The number of carbonyl (C=O) groups excluding carboxylic acids is 1. The SMILES string of the molecule is CCCCNC(=O)c1cc(C)ccn1. The summed E-state index contributed by atoms with van der Waals surface area (Å²) in [4.78, 5) is 15.5. The van der Waals surface area contributed by atoms with Gasteiger partial charge >= 0.3 is 0 Å². The van der Waals surface area contributed by atoms with Crippen molar-refractivity contribution < 1.29 is 4.79 Å². The first-order chi connectivity index (χ1) is 6.74. The van der Waals surface area contributed by atoms with Crippen LogP contribution in [0.25, 0.3) is 0 Å². The van der Waals surface area contributed by atoms with Crippen molar-refractivity contribution in [2.45, 2.75) is 26.7 Å². The molecule has 0 aliphatic rings. The van der Waals surface area contributed by atoms with Crippen molar-refractivity contribution in [3.63, 3.8) is 0 Å². The summed E-state index contributed by atoms with van der Waals surface area (Å²) in [6, 6.07) is 3.67. The van der Waals surface area contributed by atoms with Crippen molar-refractivity contribution in [1.29, 1.82) is 0 Å². The van der Waals surface area contributed by atoms with Crippen LogP contribution in [-0.2, 0) is 0 Å². The van der Waals surface area contributed by atoms with Crippen LogP contribution in [-0.4, -0.2) is 17.4 Å². The van der Waals surface area contributed by atoms with Gasteiger partial charge in [0.05, 0.1) is 0 Å². The minimum absolute atomic E-state index is 0.0813. The molecule has 76 valence electrons. The van der Waals surface area contributed by atoms with E-state index in [2.05, 4.69) is 17.2 Å². The highest BCUT2D eigenvalue weighted by Gasteiger charge is 2.04. The summed E-state index contributed by atoms with van der Waals surface area (Å²) in [6.07, 6.45) is 3.75. The number of rotatable bonds is 4. The van der Waals surface area contributed by atoms with Gasteiger partial charge in [0.15, 0.2) is 0 Å². The number of aryl methyl sites for hydroxylation is 1. The van der Waals surface area contributed by atoms with Crippen LogP contribution in [0.15, 0.2) is 18.3 Å². The summed E-state index contributed by atoms with van der Waals surface area (Å²) in [5.74, 6) is -0.0813. The Labute approximate surface area is 84.6 Å². The normalized spacial score (nSPS) is 9.86. The van der Waals surface area contributed by atoms with Crippen LogP contribution in [0, 0.1) is 6.92 Å². The Hall–Kier alpha value is -1.38. The molecule has 0 fully saturated rings. The Morgan fingerprint density at radius 1 is 1.57 bits per heavy atom. The summed E-state index contributed by atoms with van der Waals surface area (Å²) in [5, 5.41) is 2.83. The van der Waals surface area contributed by atoms with E-state index < -0.39 is 0 Å². The van der Waals surface area contributed by atoms with Crippen LogP contribution in [0.1, 0.15) is 35.8 Å². The van der Waals surface area contributed by atoms with Gasteiger partial charge in [-0.2, -0.15) is 0 Å². The van der Waals surface area contributed by atoms with E-state index in [0.29, 0.717) is 5.69 Å². The molecule has 0 spiro atoms.